The van der Waals surface area contributed by atoms with Crippen LogP contribution in [0, 0.1) is 20.8 Å². The summed E-state index contributed by atoms with van der Waals surface area (Å²) in [5, 5.41) is 4.01. The maximum Gasteiger partial charge on any atom is 0.277 e. The highest BCUT2D eigenvalue weighted by Gasteiger charge is 2.05. The zero-order valence-corrected chi connectivity index (χ0v) is 15.0. The van der Waals surface area contributed by atoms with Gasteiger partial charge in [-0.15, -0.1) is 0 Å². The second kappa shape index (κ2) is 7.92. The predicted molar refractivity (Wildman–Crippen MR) is 96.0 cm³/mol. The van der Waals surface area contributed by atoms with Crippen LogP contribution < -0.4 is 10.2 Å². The van der Waals surface area contributed by atoms with Crippen LogP contribution in [0.4, 0.5) is 0 Å². The van der Waals surface area contributed by atoms with Gasteiger partial charge >= 0.3 is 0 Å². The molecular formula is C18H19BrN2O2. The smallest absolute Gasteiger partial charge is 0.277 e. The summed E-state index contributed by atoms with van der Waals surface area (Å²) in [6.45, 7) is 6.02. The highest BCUT2D eigenvalue weighted by Crippen LogP contribution is 2.23. The molecule has 0 saturated carbocycles. The van der Waals surface area contributed by atoms with Crippen molar-refractivity contribution in [3.05, 3.63) is 63.1 Å². The van der Waals surface area contributed by atoms with Gasteiger partial charge in [0.2, 0.25) is 0 Å². The third kappa shape index (κ3) is 4.93. The van der Waals surface area contributed by atoms with Gasteiger partial charge in [0.25, 0.3) is 5.91 Å². The SMILES string of the molecule is Cc1cc(C)c(/C=N/NC(=O)COc2ccccc2Br)c(C)c1. The lowest BCUT2D eigenvalue weighted by Crippen LogP contribution is -2.24. The lowest BCUT2D eigenvalue weighted by Gasteiger charge is -2.08. The van der Waals surface area contributed by atoms with Gasteiger partial charge in [-0.2, -0.15) is 5.10 Å². The molecule has 0 aliphatic heterocycles. The van der Waals surface area contributed by atoms with Gasteiger partial charge in [0.15, 0.2) is 6.61 Å². The van der Waals surface area contributed by atoms with E-state index in [4.69, 9.17) is 4.74 Å². The van der Waals surface area contributed by atoms with Crippen molar-refractivity contribution in [1.29, 1.82) is 0 Å². The van der Waals surface area contributed by atoms with Crippen molar-refractivity contribution >= 4 is 28.1 Å². The number of aryl methyl sites for hydroxylation is 3. The normalized spacial score (nSPS) is 10.8. The lowest BCUT2D eigenvalue weighted by atomic mass is 10.0. The van der Waals surface area contributed by atoms with Crippen LogP contribution in [0.2, 0.25) is 0 Å². The van der Waals surface area contributed by atoms with Crippen molar-refractivity contribution in [3.63, 3.8) is 0 Å². The zero-order valence-electron chi connectivity index (χ0n) is 13.4. The van der Waals surface area contributed by atoms with Crippen LogP contribution in [0.1, 0.15) is 22.3 Å². The minimum Gasteiger partial charge on any atom is -0.483 e. The molecule has 0 atom stereocenters. The number of rotatable bonds is 5. The van der Waals surface area contributed by atoms with E-state index in [9.17, 15) is 4.79 Å². The van der Waals surface area contributed by atoms with E-state index in [2.05, 4.69) is 45.5 Å². The van der Waals surface area contributed by atoms with Gasteiger partial charge in [-0.1, -0.05) is 29.8 Å². The summed E-state index contributed by atoms with van der Waals surface area (Å²) in [5.74, 6) is 0.316. The van der Waals surface area contributed by atoms with Crippen molar-refractivity contribution in [2.24, 2.45) is 5.10 Å². The van der Waals surface area contributed by atoms with Gasteiger partial charge in [0.1, 0.15) is 5.75 Å². The third-order valence-electron chi connectivity index (χ3n) is 3.32. The number of carbonyl (C=O) groups is 1. The van der Waals surface area contributed by atoms with E-state index < -0.39 is 0 Å². The number of halogens is 1. The molecule has 2 aromatic carbocycles. The summed E-state index contributed by atoms with van der Waals surface area (Å²) < 4.78 is 6.24. The number of benzene rings is 2. The number of amides is 1. The van der Waals surface area contributed by atoms with E-state index in [1.54, 1.807) is 12.3 Å². The quantitative estimate of drug-likeness (QED) is 0.637. The second-order valence-corrected chi connectivity index (χ2v) is 6.18. The molecule has 0 bridgehead atoms. The van der Waals surface area contributed by atoms with Crippen LogP contribution >= 0.6 is 15.9 Å². The van der Waals surface area contributed by atoms with Crippen LogP contribution in [0.25, 0.3) is 0 Å². The number of hydrogen-bond donors (Lipinski definition) is 1. The zero-order chi connectivity index (χ0) is 16.8. The van der Waals surface area contributed by atoms with Gasteiger partial charge in [-0.3, -0.25) is 4.79 Å². The van der Waals surface area contributed by atoms with E-state index >= 15 is 0 Å². The molecule has 0 aliphatic rings. The van der Waals surface area contributed by atoms with Gasteiger partial charge < -0.3 is 4.74 Å². The first-order chi connectivity index (χ1) is 11.0. The highest BCUT2D eigenvalue weighted by atomic mass is 79.9. The Bertz CT molecular complexity index is 719. The molecule has 1 N–H and O–H groups in total. The summed E-state index contributed by atoms with van der Waals surface area (Å²) in [6, 6.07) is 11.6. The molecule has 2 aromatic rings. The summed E-state index contributed by atoms with van der Waals surface area (Å²) in [7, 11) is 0. The van der Waals surface area contributed by atoms with Gasteiger partial charge in [-0.05, 0) is 60.0 Å². The molecule has 23 heavy (non-hydrogen) atoms. The minimum atomic E-state index is -0.306. The molecule has 0 heterocycles. The molecule has 0 aromatic heterocycles. The molecule has 1 amide bonds. The molecule has 5 heteroatoms. The minimum absolute atomic E-state index is 0.0915. The van der Waals surface area contributed by atoms with Gasteiger partial charge in [-0.25, -0.2) is 5.43 Å². The predicted octanol–water partition coefficient (Wildman–Crippen LogP) is 3.90. The van der Waals surface area contributed by atoms with Crippen LogP contribution in [0.15, 0.2) is 46.0 Å². The van der Waals surface area contributed by atoms with Crippen LogP contribution in [-0.2, 0) is 4.79 Å². The van der Waals surface area contributed by atoms with Gasteiger partial charge in [0, 0.05) is 5.56 Å². The Morgan fingerprint density at radius 2 is 1.87 bits per heavy atom. The molecule has 4 nitrogen and oxygen atoms in total. The fourth-order valence-corrected chi connectivity index (χ4v) is 2.70. The molecule has 0 radical (unpaired) electrons. The summed E-state index contributed by atoms with van der Waals surface area (Å²) in [6.07, 6.45) is 1.67. The number of carbonyl (C=O) groups excluding carboxylic acids is 1. The molecule has 0 aliphatic carbocycles. The largest absolute Gasteiger partial charge is 0.483 e. The molecule has 2 rings (SSSR count). The van der Waals surface area contributed by atoms with E-state index in [-0.39, 0.29) is 12.5 Å². The van der Waals surface area contributed by atoms with Crippen molar-refractivity contribution in [3.8, 4) is 5.75 Å². The lowest BCUT2D eigenvalue weighted by molar-refractivity contribution is -0.123. The van der Waals surface area contributed by atoms with Crippen molar-refractivity contribution in [2.45, 2.75) is 20.8 Å². The van der Waals surface area contributed by atoms with E-state index in [0.29, 0.717) is 5.75 Å². The Morgan fingerprint density at radius 3 is 2.52 bits per heavy atom. The second-order valence-electron chi connectivity index (χ2n) is 5.32. The third-order valence-corrected chi connectivity index (χ3v) is 3.97. The van der Waals surface area contributed by atoms with Crippen molar-refractivity contribution < 1.29 is 9.53 Å². The van der Waals surface area contributed by atoms with Crippen LogP contribution in [0.3, 0.4) is 0 Å². The molecule has 0 unspecified atom stereocenters. The number of hydrogen-bond acceptors (Lipinski definition) is 3. The fourth-order valence-electron chi connectivity index (χ4n) is 2.30. The fraction of sp³-hybridized carbons (Fsp3) is 0.222. The summed E-state index contributed by atoms with van der Waals surface area (Å²) in [5.41, 5.74) is 6.97. The molecule has 0 fully saturated rings. The average Bonchev–Trinajstić information content (AvgIpc) is 2.49. The Morgan fingerprint density at radius 1 is 1.22 bits per heavy atom. The van der Waals surface area contributed by atoms with E-state index in [0.717, 1.165) is 21.2 Å². The monoisotopic (exact) mass is 374 g/mol. The van der Waals surface area contributed by atoms with Crippen molar-refractivity contribution in [1.82, 2.24) is 5.43 Å². The van der Waals surface area contributed by atoms with Crippen LogP contribution in [0.5, 0.6) is 5.75 Å². The Hall–Kier alpha value is -2.14. The Labute approximate surface area is 144 Å². The topological polar surface area (TPSA) is 50.7 Å². The highest BCUT2D eigenvalue weighted by molar-refractivity contribution is 9.10. The van der Waals surface area contributed by atoms with Crippen LogP contribution in [-0.4, -0.2) is 18.7 Å². The summed E-state index contributed by atoms with van der Waals surface area (Å²) >= 11 is 3.37. The first-order valence-electron chi connectivity index (χ1n) is 7.24. The number of nitrogens with zero attached hydrogens (tertiary/aromatic N) is 1. The van der Waals surface area contributed by atoms with Gasteiger partial charge in [0.05, 0.1) is 10.7 Å². The number of para-hydroxylation sites is 1. The molecule has 0 saturated heterocycles. The first-order valence-corrected chi connectivity index (χ1v) is 8.03. The first kappa shape index (κ1) is 17.2. The van der Waals surface area contributed by atoms with Crippen molar-refractivity contribution in [2.75, 3.05) is 6.61 Å². The maximum absolute atomic E-state index is 11.8. The standard InChI is InChI=1S/C18H19BrN2O2/c1-12-8-13(2)15(14(3)9-12)10-20-21-18(22)11-23-17-7-5-4-6-16(17)19/h4-10H,11H2,1-3H3,(H,21,22)/b20-10+. The number of hydrazone groups is 1. The Kier molecular flexibility index (Phi) is 5.93. The maximum atomic E-state index is 11.8. The molecule has 0 spiro atoms. The molecule has 120 valence electrons. The Balaban J connectivity index is 1.91. The number of nitrogens with one attached hydrogen (secondary N) is 1. The summed E-state index contributed by atoms with van der Waals surface area (Å²) in [4.78, 5) is 11.8. The van der Waals surface area contributed by atoms with E-state index in [1.807, 2.05) is 32.0 Å². The molecular weight excluding hydrogens is 356 g/mol. The average molecular weight is 375 g/mol. The van der Waals surface area contributed by atoms with E-state index in [1.165, 1.54) is 5.56 Å². The number of ether oxygens (including phenoxy) is 1.